The summed E-state index contributed by atoms with van der Waals surface area (Å²) in [6.07, 6.45) is 1.84. The van der Waals surface area contributed by atoms with Crippen molar-refractivity contribution < 1.29 is 36.9 Å². The number of alkyl halides is 2. The highest BCUT2D eigenvalue weighted by molar-refractivity contribution is 5.93. The number of likely N-dealkylation sites (tertiary alicyclic amines) is 1. The van der Waals surface area contributed by atoms with Gasteiger partial charge in [-0.25, -0.2) is 22.5 Å². The van der Waals surface area contributed by atoms with Gasteiger partial charge in [-0.3, -0.25) is 9.69 Å². The van der Waals surface area contributed by atoms with Gasteiger partial charge >= 0.3 is 0 Å². The smallest absolute Gasteiger partial charge is 0.257 e. The van der Waals surface area contributed by atoms with Crippen LogP contribution in [0.4, 0.5) is 23.4 Å². The Morgan fingerprint density at radius 1 is 1.30 bits per heavy atom. The molecule has 4 rings (SSSR count). The summed E-state index contributed by atoms with van der Waals surface area (Å²) < 4.78 is 62.1. The minimum atomic E-state index is -3.06. The van der Waals surface area contributed by atoms with E-state index >= 15 is 0 Å². The summed E-state index contributed by atoms with van der Waals surface area (Å²) >= 11 is 0. The van der Waals surface area contributed by atoms with Gasteiger partial charge in [0, 0.05) is 37.7 Å². The molecule has 1 aromatic carbocycles. The Bertz CT molecular complexity index is 1280. The molecule has 37 heavy (non-hydrogen) atoms. The molecular weight excluding hydrogens is 496 g/mol. The highest BCUT2D eigenvalue weighted by atomic mass is 19.3. The predicted octanol–water partition coefficient (Wildman–Crippen LogP) is 3.73. The van der Waals surface area contributed by atoms with Crippen LogP contribution < -0.4 is 14.8 Å². The van der Waals surface area contributed by atoms with Crippen molar-refractivity contribution in [3.05, 3.63) is 83.0 Å². The predicted molar refractivity (Wildman–Crippen MR) is 124 cm³/mol. The maximum atomic E-state index is 14.8. The molecule has 1 aliphatic heterocycles. The van der Waals surface area contributed by atoms with E-state index in [1.165, 1.54) is 30.5 Å². The van der Waals surface area contributed by atoms with Gasteiger partial charge in [-0.15, -0.1) is 0 Å². The van der Waals surface area contributed by atoms with E-state index in [1.54, 1.807) is 11.8 Å². The van der Waals surface area contributed by atoms with Crippen molar-refractivity contribution in [1.29, 1.82) is 0 Å². The van der Waals surface area contributed by atoms with Crippen LogP contribution in [0.25, 0.3) is 0 Å². The minimum Gasteiger partial charge on any atom is -0.618 e. The van der Waals surface area contributed by atoms with Gasteiger partial charge in [0.25, 0.3) is 5.92 Å². The number of hydrogen-bond acceptors (Lipinski definition) is 6. The number of amides is 1. The number of pyridine rings is 2. The summed E-state index contributed by atoms with van der Waals surface area (Å²) in [6, 6.07) is 7.49. The van der Waals surface area contributed by atoms with Crippen LogP contribution in [0.1, 0.15) is 30.5 Å². The zero-order chi connectivity index (χ0) is 26.7. The lowest BCUT2D eigenvalue weighted by molar-refractivity contribution is -0.616. The summed E-state index contributed by atoms with van der Waals surface area (Å²) in [4.78, 5) is 18.5. The molecule has 0 aliphatic carbocycles. The number of carbonyl (C=O) groups is 1. The van der Waals surface area contributed by atoms with Crippen LogP contribution in [0.5, 0.6) is 11.5 Å². The third-order valence-corrected chi connectivity index (χ3v) is 6.28. The number of aliphatic hydroxyl groups is 1. The normalized spacial score (nSPS) is 18.3. The number of aromatic nitrogens is 2. The molecule has 12 heteroatoms. The van der Waals surface area contributed by atoms with Crippen LogP contribution in [0.15, 0.2) is 54.9 Å². The summed E-state index contributed by atoms with van der Waals surface area (Å²) in [6.45, 7) is 0.829. The van der Waals surface area contributed by atoms with Crippen LogP contribution >= 0.6 is 0 Å². The van der Waals surface area contributed by atoms with Gasteiger partial charge < -0.3 is 20.4 Å². The molecule has 2 N–H and O–H groups in total. The average molecular weight is 520 g/mol. The standard InChI is InChI=1S/C25H24F4N4O4/c1-15(32-9-7-25(28,29)20(13-32)16-6-8-33(36)18(10-16)14-34)24(35)31-23-5-3-19(12-30-23)37-22-4-2-17(26)11-21(22)27/h2-6,8,10-12,15,20,34H,7,9,13-14H2,1H3,(H,30,31,35)/t15-,20+/m0/s1. The second-order valence-electron chi connectivity index (χ2n) is 8.72. The van der Waals surface area contributed by atoms with E-state index in [4.69, 9.17) is 4.74 Å². The summed E-state index contributed by atoms with van der Waals surface area (Å²) in [7, 11) is 0. The number of halogens is 4. The monoisotopic (exact) mass is 520 g/mol. The van der Waals surface area contributed by atoms with Crippen LogP contribution in [-0.4, -0.2) is 46.0 Å². The van der Waals surface area contributed by atoms with Crippen molar-refractivity contribution in [1.82, 2.24) is 9.88 Å². The van der Waals surface area contributed by atoms with Crippen molar-refractivity contribution in [2.24, 2.45) is 0 Å². The highest BCUT2D eigenvalue weighted by Crippen LogP contribution is 2.41. The van der Waals surface area contributed by atoms with E-state index in [9.17, 15) is 32.7 Å². The number of ether oxygens (including phenoxy) is 1. The Balaban J connectivity index is 1.41. The molecule has 3 aromatic rings. The van der Waals surface area contributed by atoms with Gasteiger partial charge in [0.05, 0.1) is 18.2 Å². The Kier molecular flexibility index (Phi) is 7.60. The molecular formula is C25H24F4N4O4. The molecule has 8 nitrogen and oxygen atoms in total. The van der Waals surface area contributed by atoms with Crippen LogP contribution in [-0.2, 0) is 11.4 Å². The molecule has 1 aliphatic rings. The number of carbonyl (C=O) groups excluding carboxylic acids is 1. The van der Waals surface area contributed by atoms with E-state index in [1.807, 2.05) is 0 Å². The fraction of sp³-hybridized carbons (Fsp3) is 0.320. The quantitative estimate of drug-likeness (QED) is 0.280. The van der Waals surface area contributed by atoms with Gasteiger partial charge in [0.1, 0.15) is 24.0 Å². The Hall–Kier alpha value is -3.77. The van der Waals surface area contributed by atoms with Gasteiger partial charge in [0.15, 0.2) is 17.8 Å². The SMILES string of the molecule is C[C@@H](C(=O)Nc1ccc(Oc2ccc(F)cc2F)cn1)N1CCC(F)(F)[C@@H](c2cc[n+]([O-])c(CO)c2)C1. The number of anilines is 1. The molecule has 2 atom stereocenters. The van der Waals surface area contributed by atoms with Crippen LogP contribution in [0.3, 0.4) is 0 Å². The zero-order valence-corrected chi connectivity index (χ0v) is 19.7. The molecule has 0 radical (unpaired) electrons. The molecule has 2 aromatic heterocycles. The first-order chi connectivity index (χ1) is 17.6. The maximum absolute atomic E-state index is 14.8. The topological polar surface area (TPSA) is 102 Å². The molecule has 1 amide bonds. The summed E-state index contributed by atoms with van der Waals surface area (Å²) in [5.41, 5.74) is 0.158. The van der Waals surface area contributed by atoms with E-state index in [0.29, 0.717) is 10.8 Å². The Morgan fingerprint density at radius 2 is 2.08 bits per heavy atom. The van der Waals surface area contributed by atoms with Crippen molar-refractivity contribution in [2.75, 3.05) is 18.4 Å². The van der Waals surface area contributed by atoms with Crippen molar-refractivity contribution >= 4 is 11.7 Å². The number of piperidine rings is 1. The summed E-state index contributed by atoms with van der Waals surface area (Å²) in [5, 5.41) is 23.6. The third-order valence-electron chi connectivity index (χ3n) is 6.28. The Labute approximate surface area is 209 Å². The van der Waals surface area contributed by atoms with Gasteiger partial charge in [-0.05, 0) is 36.8 Å². The van der Waals surface area contributed by atoms with Crippen LogP contribution in [0, 0.1) is 16.8 Å². The van der Waals surface area contributed by atoms with E-state index in [2.05, 4.69) is 10.3 Å². The van der Waals surface area contributed by atoms with E-state index < -0.39 is 48.5 Å². The summed E-state index contributed by atoms with van der Waals surface area (Å²) in [5.74, 6) is -6.31. The molecule has 0 unspecified atom stereocenters. The Morgan fingerprint density at radius 3 is 2.76 bits per heavy atom. The molecule has 196 valence electrons. The maximum Gasteiger partial charge on any atom is 0.257 e. The molecule has 0 spiro atoms. The van der Waals surface area contributed by atoms with Gasteiger partial charge in [-0.1, -0.05) is 0 Å². The van der Waals surface area contributed by atoms with E-state index in [0.717, 1.165) is 18.3 Å². The fourth-order valence-corrected chi connectivity index (χ4v) is 4.11. The zero-order valence-electron chi connectivity index (χ0n) is 19.7. The largest absolute Gasteiger partial charge is 0.618 e. The number of rotatable bonds is 7. The first-order valence-corrected chi connectivity index (χ1v) is 11.4. The lowest BCUT2D eigenvalue weighted by atomic mass is 9.86. The van der Waals surface area contributed by atoms with Crippen molar-refractivity contribution in [2.45, 2.75) is 37.8 Å². The first kappa shape index (κ1) is 26.3. The van der Waals surface area contributed by atoms with E-state index in [-0.39, 0.29) is 41.7 Å². The number of nitrogens with one attached hydrogen (secondary N) is 1. The molecule has 0 bridgehead atoms. The highest BCUT2D eigenvalue weighted by Gasteiger charge is 2.46. The average Bonchev–Trinajstić information content (AvgIpc) is 2.86. The third kappa shape index (κ3) is 5.97. The number of hydrogen-bond donors (Lipinski definition) is 2. The van der Waals surface area contributed by atoms with Crippen molar-refractivity contribution in [3.63, 3.8) is 0 Å². The fourth-order valence-electron chi connectivity index (χ4n) is 4.11. The first-order valence-electron chi connectivity index (χ1n) is 11.4. The number of benzene rings is 1. The molecule has 1 fully saturated rings. The molecule has 1 saturated heterocycles. The van der Waals surface area contributed by atoms with Crippen LogP contribution in [0.2, 0.25) is 0 Å². The molecule has 3 heterocycles. The molecule has 0 saturated carbocycles. The van der Waals surface area contributed by atoms with Gasteiger partial charge in [-0.2, -0.15) is 4.73 Å². The number of aliphatic hydroxyl groups excluding tert-OH is 1. The lowest BCUT2D eigenvalue weighted by Gasteiger charge is -2.40. The second-order valence-corrected chi connectivity index (χ2v) is 8.72. The lowest BCUT2D eigenvalue weighted by Crippen LogP contribution is -2.52. The van der Waals surface area contributed by atoms with Crippen molar-refractivity contribution in [3.8, 4) is 11.5 Å². The number of nitrogens with zero attached hydrogens (tertiary/aromatic N) is 3. The second kappa shape index (κ2) is 10.7. The van der Waals surface area contributed by atoms with Gasteiger partial charge in [0.2, 0.25) is 11.6 Å². The minimum absolute atomic E-state index is 0.0250.